The van der Waals surface area contributed by atoms with Gasteiger partial charge in [0.05, 0.1) is 18.7 Å². The molecular weight excluding hydrogens is 437 g/mol. The predicted molar refractivity (Wildman–Crippen MR) is 121 cm³/mol. The highest BCUT2D eigenvalue weighted by molar-refractivity contribution is 6.51. The second-order valence-electron chi connectivity index (χ2n) is 6.93. The number of methoxy groups -OCH3 is 1. The highest BCUT2D eigenvalue weighted by Crippen LogP contribution is 2.42. The van der Waals surface area contributed by atoms with E-state index in [-0.39, 0.29) is 11.3 Å². The molecular formula is C24H17Cl2NO4. The normalized spacial score (nSPS) is 17.8. The van der Waals surface area contributed by atoms with E-state index in [1.54, 1.807) is 79.9 Å². The topological polar surface area (TPSA) is 66.8 Å². The lowest BCUT2D eigenvalue weighted by molar-refractivity contribution is -0.132. The Morgan fingerprint density at radius 3 is 1.97 bits per heavy atom. The summed E-state index contributed by atoms with van der Waals surface area (Å²) in [5.41, 5.74) is 1.51. The number of ether oxygens (including phenoxy) is 1. The van der Waals surface area contributed by atoms with Gasteiger partial charge in [0.25, 0.3) is 11.7 Å². The van der Waals surface area contributed by atoms with Crippen molar-refractivity contribution in [3.8, 4) is 5.75 Å². The van der Waals surface area contributed by atoms with Crippen LogP contribution in [-0.4, -0.2) is 23.9 Å². The van der Waals surface area contributed by atoms with Crippen LogP contribution in [-0.2, 0) is 9.59 Å². The predicted octanol–water partition coefficient (Wildman–Crippen LogP) is 5.63. The van der Waals surface area contributed by atoms with Crippen molar-refractivity contribution in [1.82, 2.24) is 0 Å². The molecule has 1 fully saturated rings. The first-order chi connectivity index (χ1) is 14.9. The number of ketones is 1. The van der Waals surface area contributed by atoms with Crippen molar-refractivity contribution in [1.29, 1.82) is 0 Å². The van der Waals surface area contributed by atoms with Gasteiger partial charge in [-0.3, -0.25) is 14.5 Å². The van der Waals surface area contributed by atoms with Gasteiger partial charge in [0, 0.05) is 21.3 Å². The van der Waals surface area contributed by atoms with Gasteiger partial charge >= 0.3 is 0 Å². The van der Waals surface area contributed by atoms with Crippen molar-refractivity contribution >= 4 is 46.3 Å². The lowest BCUT2D eigenvalue weighted by atomic mass is 9.95. The summed E-state index contributed by atoms with van der Waals surface area (Å²) < 4.78 is 5.19. The molecule has 156 valence electrons. The molecule has 1 amide bonds. The standard InChI is InChI=1S/C24H17Cl2NO4/c1-31-19-12-10-18(11-13-19)27-21(14-2-6-16(25)7-3-14)20(23(29)24(27)30)22(28)15-4-8-17(26)9-5-15/h2-13,21,28H,1H3. The summed E-state index contributed by atoms with van der Waals surface area (Å²) in [6, 6.07) is 19.1. The Morgan fingerprint density at radius 1 is 0.871 bits per heavy atom. The minimum atomic E-state index is -0.832. The summed E-state index contributed by atoms with van der Waals surface area (Å²) in [5, 5.41) is 12.0. The van der Waals surface area contributed by atoms with Crippen LogP contribution in [0.3, 0.4) is 0 Å². The number of aliphatic hydroxyl groups excluding tert-OH is 1. The smallest absolute Gasteiger partial charge is 0.300 e. The molecule has 7 heteroatoms. The van der Waals surface area contributed by atoms with Crippen molar-refractivity contribution in [3.63, 3.8) is 0 Å². The van der Waals surface area contributed by atoms with E-state index in [1.165, 1.54) is 4.90 Å². The van der Waals surface area contributed by atoms with Gasteiger partial charge in [0.2, 0.25) is 0 Å². The average Bonchev–Trinajstić information content (AvgIpc) is 3.05. The molecule has 1 unspecified atom stereocenters. The van der Waals surface area contributed by atoms with Gasteiger partial charge in [-0.1, -0.05) is 35.3 Å². The minimum Gasteiger partial charge on any atom is -0.507 e. The molecule has 0 spiro atoms. The third kappa shape index (κ3) is 3.90. The van der Waals surface area contributed by atoms with Gasteiger partial charge < -0.3 is 9.84 Å². The number of hydrogen-bond acceptors (Lipinski definition) is 4. The fourth-order valence-electron chi connectivity index (χ4n) is 3.57. The number of carbonyl (C=O) groups excluding carboxylic acids is 2. The first-order valence-corrected chi connectivity index (χ1v) is 10.1. The molecule has 4 rings (SSSR count). The molecule has 1 N–H and O–H groups in total. The summed E-state index contributed by atoms with van der Waals surface area (Å²) in [4.78, 5) is 27.5. The number of Topliss-reactive ketones (excluding diaryl/α,β-unsaturated/α-hetero) is 1. The van der Waals surface area contributed by atoms with E-state index in [4.69, 9.17) is 27.9 Å². The molecule has 1 aliphatic rings. The molecule has 0 aliphatic carbocycles. The molecule has 1 atom stereocenters. The fourth-order valence-corrected chi connectivity index (χ4v) is 3.82. The van der Waals surface area contributed by atoms with Gasteiger partial charge in [-0.2, -0.15) is 0 Å². The zero-order valence-electron chi connectivity index (χ0n) is 16.4. The van der Waals surface area contributed by atoms with Gasteiger partial charge in [-0.25, -0.2) is 0 Å². The number of hydrogen-bond donors (Lipinski definition) is 1. The van der Waals surface area contributed by atoms with Crippen LogP contribution in [0.25, 0.3) is 5.76 Å². The number of carbonyl (C=O) groups is 2. The van der Waals surface area contributed by atoms with Crippen LogP contribution in [0.5, 0.6) is 5.75 Å². The molecule has 5 nitrogen and oxygen atoms in total. The maximum atomic E-state index is 13.1. The summed E-state index contributed by atoms with van der Waals surface area (Å²) in [7, 11) is 1.54. The maximum Gasteiger partial charge on any atom is 0.300 e. The Morgan fingerprint density at radius 2 is 1.42 bits per heavy atom. The first-order valence-electron chi connectivity index (χ1n) is 9.37. The Hall–Kier alpha value is -3.28. The maximum absolute atomic E-state index is 13.1. The van der Waals surface area contributed by atoms with Crippen LogP contribution in [0.1, 0.15) is 17.2 Å². The van der Waals surface area contributed by atoms with E-state index < -0.39 is 17.7 Å². The molecule has 1 heterocycles. The van der Waals surface area contributed by atoms with Crippen molar-refractivity contribution in [3.05, 3.63) is 99.5 Å². The van der Waals surface area contributed by atoms with Gasteiger partial charge in [0.1, 0.15) is 11.5 Å². The highest BCUT2D eigenvalue weighted by Gasteiger charge is 2.46. The summed E-state index contributed by atoms with van der Waals surface area (Å²) in [5.74, 6) is -1.17. The molecule has 0 bridgehead atoms. The molecule has 31 heavy (non-hydrogen) atoms. The number of benzene rings is 3. The van der Waals surface area contributed by atoms with Crippen LogP contribution in [0, 0.1) is 0 Å². The number of rotatable bonds is 4. The zero-order valence-corrected chi connectivity index (χ0v) is 17.9. The third-order valence-corrected chi connectivity index (χ3v) is 5.60. The van der Waals surface area contributed by atoms with Crippen LogP contribution >= 0.6 is 23.2 Å². The molecule has 1 aliphatic heterocycles. The van der Waals surface area contributed by atoms with Crippen molar-refractivity contribution < 1.29 is 19.4 Å². The Balaban J connectivity index is 1.91. The third-order valence-electron chi connectivity index (χ3n) is 5.10. The zero-order chi connectivity index (χ0) is 22.1. The van der Waals surface area contributed by atoms with Crippen molar-refractivity contribution in [2.24, 2.45) is 0 Å². The highest BCUT2D eigenvalue weighted by atomic mass is 35.5. The van der Waals surface area contributed by atoms with E-state index in [0.717, 1.165) is 0 Å². The van der Waals surface area contributed by atoms with Gasteiger partial charge in [0.15, 0.2) is 0 Å². The van der Waals surface area contributed by atoms with E-state index in [9.17, 15) is 14.7 Å². The summed E-state index contributed by atoms with van der Waals surface area (Å²) in [6.07, 6.45) is 0. The Labute approximate surface area is 189 Å². The summed E-state index contributed by atoms with van der Waals surface area (Å²) in [6.45, 7) is 0. The molecule has 1 saturated heterocycles. The second kappa shape index (κ2) is 8.46. The molecule has 3 aromatic carbocycles. The minimum absolute atomic E-state index is 0.00883. The van der Waals surface area contributed by atoms with E-state index in [2.05, 4.69) is 0 Å². The van der Waals surface area contributed by atoms with Crippen LogP contribution < -0.4 is 9.64 Å². The first kappa shape index (κ1) is 21.0. The average molecular weight is 454 g/mol. The SMILES string of the molecule is COc1ccc(N2C(=O)C(=O)C(=C(O)c3ccc(Cl)cc3)C2c2ccc(Cl)cc2)cc1. The van der Waals surface area contributed by atoms with E-state index in [1.807, 2.05) is 0 Å². The van der Waals surface area contributed by atoms with Crippen molar-refractivity contribution in [2.75, 3.05) is 12.0 Å². The quantitative estimate of drug-likeness (QED) is 0.315. The fraction of sp³-hybridized carbons (Fsp3) is 0.0833. The summed E-state index contributed by atoms with van der Waals surface area (Å²) >= 11 is 12.0. The Kier molecular flexibility index (Phi) is 5.72. The van der Waals surface area contributed by atoms with Crippen LogP contribution in [0.4, 0.5) is 5.69 Å². The van der Waals surface area contributed by atoms with Crippen LogP contribution in [0.15, 0.2) is 78.4 Å². The van der Waals surface area contributed by atoms with Crippen LogP contribution in [0.2, 0.25) is 10.0 Å². The molecule has 0 aromatic heterocycles. The van der Waals surface area contributed by atoms with E-state index >= 15 is 0 Å². The molecule has 3 aromatic rings. The number of amides is 1. The number of nitrogens with zero attached hydrogens (tertiary/aromatic N) is 1. The van der Waals surface area contributed by atoms with E-state index in [0.29, 0.717) is 32.6 Å². The largest absolute Gasteiger partial charge is 0.507 e. The number of halogens is 2. The molecule has 0 saturated carbocycles. The Bertz CT molecular complexity index is 1170. The monoisotopic (exact) mass is 453 g/mol. The number of aliphatic hydroxyl groups is 1. The number of anilines is 1. The second-order valence-corrected chi connectivity index (χ2v) is 7.80. The van der Waals surface area contributed by atoms with Crippen molar-refractivity contribution in [2.45, 2.75) is 6.04 Å². The van der Waals surface area contributed by atoms with Gasteiger partial charge in [-0.05, 0) is 66.2 Å². The molecule has 0 radical (unpaired) electrons. The van der Waals surface area contributed by atoms with Gasteiger partial charge in [-0.15, -0.1) is 0 Å². The lowest BCUT2D eigenvalue weighted by Gasteiger charge is -2.25. The lowest BCUT2D eigenvalue weighted by Crippen LogP contribution is -2.29.